The first-order chi connectivity index (χ1) is 12.3. The van der Waals surface area contributed by atoms with E-state index in [1.807, 2.05) is 6.92 Å². The average molecular weight is 412 g/mol. The van der Waals surface area contributed by atoms with Crippen LogP contribution in [0.15, 0.2) is 35.2 Å². The average Bonchev–Trinajstić information content (AvgIpc) is 2.53. The third kappa shape index (κ3) is 5.21. The Morgan fingerprint density at radius 2 is 1.81 bits per heavy atom. The first kappa shape index (κ1) is 22.1. The van der Waals surface area contributed by atoms with Crippen molar-refractivity contribution in [3.63, 3.8) is 0 Å². The summed E-state index contributed by atoms with van der Waals surface area (Å²) in [6.45, 7) is 12.9. The van der Waals surface area contributed by atoms with Crippen molar-refractivity contribution in [2.24, 2.45) is 0 Å². The highest BCUT2D eigenvalue weighted by molar-refractivity contribution is 7.92. The number of piperidine rings is 1. The molecule has 1 aliphatic heterocycles. The van der Waals surface area contributed by atoms with E-state index in [0.717, 1.165) is 0 Å². The molecule has 27 heavy (non-hydrogen) atoms. The number of sulfone groups is 1. The highest BCUT2D eigenvalue weighted by atomic mass is 32.2. The summed E-state index contributed by atoms with van der Waals surface area (Å²) in [5.74, 6) is -0.0842. The van der Waals surface area contributed by atoms with Crippen molar-refractivity contribution < 1.29 is 17.6 Å². The van der Waals surface area contributed by atoms with Crippen molar-refractivity contribution in [1.29, 1.82) is 0 Å². The molecule has 0 spiro atoms. The van der Waals surface area contributed by atoms with E-state index < -0.39 is 29.4 Å². The van der Waals surface area contributed by atoms with Gasteiger partial charge >= 0.3 is 0 Å². The predicted molar refractivity (Wildman–Crippen MR) is 111 cm³/mol. The summed E-state index contributed by atoms with van der Waals surface area (Å²) < 4.78 is 32.7. The second-order valence-corrected chi connectivity index (χ2v) is 16.0. The van der Waals surface area contributed by atoms with Crippen LogP contribution in [0.1, 0.15) is 47.0 Å². The summed E-state index contributed by atoms with van der Waals surface area (Å²) >= 11 is 0. The van der Waals surface area contributed by atoms with Crippen molar-refractivity contribution in [2.45, 2.75) is 87.4 Å². The van der Waals surface area contributed by atoms with Gasteiger partial charge in [0.25, 0.3) is 0 Å². The van der Waals surface area contributed by atoms with Gasteiger partial charge in [-0.3, -0.25) is 4.79 Å². The fourth-order valence-corrected chi connectivity index (χ4v) is 6.68. The molecule has 0 aromatic heterocycles. The second-order valence-electron chi connectivity index (χ2n) is 9.03. The number of rotatable bonds is 6. The van der Waals surface area contributed by atoms with Crippen LogP contribution in [-0.4, -0.2) is 40.0 Å². The molecule has 3 atom stereocenters. The van der Waals surface area contributed by atoms with Crippen LogP contribution in [0.3, 0.4) is 0 Å². The molecule has 0 unspecified atom stereocenters. The predicted octanol–water partition coefficient (Wildman–Crippen LogP) is 3.91. The van der Waals surface area contributed by atoms with Gasteiger partial charge in [-0.2, -0.15) is 0 Å². The van der Waals surface area contributed by atoms with Gasteiger partial charge in [0, 0.05) is 18.6 Å². The smallest absolute Gasteiger partial charge is 0.220 e. The highest BCUT2D eigenvalue weighted by Gasteiger charge is 2.42. The molecule has 1 fully saturated rings. The number of hydrogen-bond acceptors (Lipinski definition) is 4. The largest absolute Gasteiger partial charge is 0.414 e. The lowest BCUT2D eigenvalue weighted by Gasteiger charge is -2.40. The molecule has 1 aromatic rings. The van der Waals surface area contributed by atoms with Crippen molar-refractivity contribution in [3.8, 4) is 0 Å². The minimum Gasteiger partial charge on any atom is -0.414 e. The van der Waals surface area contributed by atoms with E-state index in [0.29, 0.717) is 17.7 Å². The van der Waals surface area contributed by atoms with Gasteiger partial charge in [-0.25, -0.2) is 8.42 Å². The zero-order valence-corrected chi connectivity index (χ0v) is 19.1. The van der Waals surface area contributed by atoms with Gasteiger partial charge in [0.15, 0.2) is 18.2 Å². The Kier molecular flexibility index (Phi) is 6.59. The van der Waals surface area contributed by atoms with Crippen LogP contribution in [0, 0.1) is 0 Å². The zero-order valence-electron chi connectivity index (χ0n) is 17.3. The number of hydrogen-bond donors (Lipinski definition) is 1. The molecule has 0 bridgehead atoms. The molecular formula is C20H33NO4SSi. The number of nitrogens with one attached hydrogen (secondary N) is 1. The summed E-state index contributed by atoms with van der Waals surface area (Å²) in [4.78, 5) is 12.3. The lowest BCUT2D eigenvalue weighted by atomic mass is 9.99. The van der Waals surface area contributed by atoms with Crippen molar-refractivity contribution in [1.82, 2.24) is 5.32 Å². The Labute approximate surface area is 164 Å². The van der Waals surface area contributed by atoms with Crippen LogP contribution in [-0.2, 0) is 19.1 Å². The molecule has 152 valence electrons. The van der Waals surface area contributed by atoms with Gasteiger partial charge in [0.1, 0.15) is 0 Å². The number of carbonyl (C=O) groups is 1. The van der Waals surface area contributed by atoms with Crippen LogP contribution in [0.2, 0.25) is 18.1 Å². The first-order valence-electron chi connectivity index (χ1n) is 9.61. The quantitative estimate of drug-likeness (QED) is 0.721. The molecular weight excluding hydrogens is 378 g/mol. The summed E-state index contributed by atoms with van der Waals surface area (Å²) in [6, 6.07) is 8.07. The molecule has 7 heteroatoms. The molecule has 1 saturated heterocycles. The molecule has 2 rings (SSSR count). The SMILES string of the molecule is C[C@@H](C[C@H]1NC(=O)CC[C@H]1S(=O)(=O)c1ccccc1)O[Si](C)(C)C(C)(C)C. The van der Waals surface area contributed by atoms with E-state index in [1.54, 1.807) is 30.3 Å². The lowest BCUT2D eigenvalue weighted by Crippen LogP contribution is -2.53. The molecule has 1 amide bonds. The zero-order chi connectivity index (χ0) is 20.5. The van der Waals surface area contributed by atoms with E-state index in [9.17, 15) is 13.2 Å². The van der Waals surface area contributed by atoms with Gasteiger partial charge in [-0.1, -0.05) is 39.0 Å². The van der Waals surface area contributed by atoms with Crippen molar-refractivity contribution in [2.75, 3.05) is 0 Å². The molecule has 0 aliphatic carbocycles. The summed E-state index contributed by atoms with van der Waals surface area (Å²) in [5, 5.41) is 2.37. The molecule has 1 aliphatic rings. The number of benzene rings is 1. The summed E-state index contributed by atoms with van der Waals surface area (Å²) in [5.41, 5.74) is 0. The minimum absolute atomic E-state index is 0.0760. The molecule has 1 aromatic carbocycles. The fraction of sp³-hybridized carbons (Fsp3) is 0.650. The Morgan fingerprint density at radius 1 is 1.22 bits per heavy atom. The topological polar surface area (TPSA) is 72.5 Å². The van der Waals surface area contributed by atoms with Gasteiger partial charge in [0.05, 0.1) is 10.1 Å². The number of amides is 1. The molecule has 0 saturated carbocycles. The van der Waals surface area contributed by atoms with Crippen LogP contribution < -0.4 is 5.32 Å². The van der Waals surface area contributed by atoms with Gasteiger partial charge in [-0.15, -0.1) is 0 Å². The van der Waals surface area contributed by atoms with Crippen molar-refractivity contribution >= 4 is 24.1 Å². The van der Waals surface area contributed by atoms with Gasteiger partial charge < -0.3 is 9.74 Å². The third-order valence-electron chi connectivity index (χ3n) is 5.81. The Hall–Kier alpha value is -1.18. The number of carbonyl (C=O) groups excluding carboxylic acids is 1. The van der Waals surface area contributed by atoms with E-state index in [1.165, 1.54) is 0 Å². The summed E-state index contributed by atoms with van der Waals surface area (Å²) in [6.07, 6.45) is 0.961. The van der Waals surface area contributed by atoms with Gasteiger partial charge in [-0.05, 0) is 50.0 Å². The van der Waals surface area contributed by atoms with Crippen LogP contribution in [0.25, 0.3) is 0 Å². The van der Waals surface area contributed by atoms with Crippen LogP contribution in [0.4, 0.5) is 0 Å². The standard InChI is InChI=1S/C20H33NO4SSi/c1-15(25-27(5,6)20(2,3)4)14-17-18(12-13-19(22)21-17)26(23,24)16-10-8-7-9-11-16/h7-11,15,17-18H,12-14H2,1-6H3,(H,21,22)/t15-,17+,18+/m0/s1. The summed E-state index contributed by atoms with van der Waals surface area (Å²) in [7, 11) is -5.47. The van der Waals surface area contributed by atoms with E-state index in [4.69, 9.17) is 4.43 Å². The van der Waals surface area contributed by atoms with Crippen LogP contribution in [0.5, 0.6) is 0 Å². The maximum atomic E-state index is 13.1. The van der Waals surface area contributed by atoms with Crippen LogP contribution >= 0.6 is 0 Å². The van der Waals surface area contributed by atoms with Crippen molar-refractivity contribution in [3.05, 3.63) is 30.3 Å². The Morgan fingerprint density at radius 3 is 2.37 bits per heavy atom. The normalized spacial score (nSPS) is 23.0. The fourth-order valence-electron chi connectivity index (χ4n) is 3.30. The maximum Gasteiger partial charge on any atom is 0.220 e. The molecule has 0 radical (unpaired) electrons. The molecule has 5 nitrogen and oxygen atoms in total. The molecule has 1 heterocycles. The van der Waals surface area contributed by atoms with E-state index in [-0.39, 0.29) is 23.5 Å². The van der Waals surface area contributed by atoms with E-state index in [2.05, 4.69) is 39.2 Å². The second kappa shape index (κ2) is 8.05. The van der Waals surface area contributed by atoms with Gasteiger partial charge in [0.2, 0.25) is 5.91 Å². The third-order valence-corrected chi connectivity index (χ3v) is 12.7. The maximum absolute atomic E-state index is 13.1. The Balaban J connectivity index is 2.20. The first-order valence-corrected chi connectivity index (χ1v) is 14.1. The lowest BCUT2D eigenvalue weighted by molar-refractivity contribution is -0.123. The molecule has 1 N–H and O–H groups in total. The van der Waals surface area contributed by atoms with E-state index >= 15 is 0 Å². The monoisotopic (exact) mass is 411 g/mol. The Bertz CT molecular complexity index is 756. The minimum atomic E-state index is -3.51. The highest BCUT2D eigenvalue weighted by Crippen LogP contribution is 2.38.